The number of hydrogen-bond donors (Lipinski definition) is 1. The third kappa shape index (κ3) is 2.89. The van der Waals surface area contributed by atoms with Crippen molar-refractivity contribution in [2.24, 2.45) is 0 Å². The number of amides is 1. The second kappa shape index (κ2) is 6.34. The largest absolute Gasteiger partial charge is 0.319 e. The molecule has 8 heteroatoms. The first-order chi connectivity index (χ1) is 12.0. The van der Waals surface area contributed by atoms with Crippen molar-refractivity contribution in [3.05, 3.63) is 61.2 Å². The zero-order valence-electron chi connectivity index (χ0n) is 13.0. The minimum Gasteiger partial charge on any atom is -0.319 e. The third-order valence-corrected chi connectivity index (χ3v) is 5.88. The molecule has 0 fully saturated rings. The maximum absolute atomic E-state index is 13.9. The van der Waals surface area contributed by atoms with Gasteiger partial charge in [0, 0.05) is 21.2 Å². The Labute approximate surface area is 154 Å². The van der Waals surface area contributed by atoms with E-state index in [1.54, 1.807) is 6.07 Å². The second-order valence-electron chi connectivity index (χ2n) is 5.85. The van der Waals surface area contributed by atoms with Crippen LogP contribution < -0.4 is 10.9 Å². The Morgan fingerprint density at radius 2 is 2.12 bits per heavy atom. The average Bonchev–Trinajstić information content (AvgIpc) is 2.97. The number of carbonyl (C=O) groups is 1. The Balaban J connectivity index is 1.75. The number of fused-ring (bicyclic) bond motifs is 3. The molecule has 0 unspecified atom stereocenters. The molecule has 0 saturated heterocycles. The molecule has 0 aliphatic heterocycles. The van der Waals surface area contributed by atoms with Crippen LogP contribution in [-0.4, -0.2) is 15.3 Å². The fraction of sp³-hybridized carbons (Fsp3) is 0.235. The third-order valence-electron chi connectivity index (χ3n) is 4.23. The maximum atomic E-state index is 13.9. The summed E-state index contributed by atoms with van der Waals surface area (Å²) in [4.78, 5) is 31.3. The Morgan fingerprint density at radius 3 is 2.92 bits per heavy atom. The SMILES string of the molecule is O=C(Nc1ccc(Br)cc1F)c1cnc2sc3c(n2c1=O)CCCC3. The highest BCUT2D eigenvalue weighted by atomic mass is 79.9. The first-order valence-electron chi connectivity index (χ1n) is 7.83. The normalized spacial score (nSPS) is 13.7. The van der Waals surface area contributed by atoms with Gasteiger partial charge in [0.2, 0.25) is 0 Å². The van der Waals surface area contributed by atoms with Gasteiger partial charge < -0.3 is 5.32 Å². The molecule has 0 atom stereocenters. The quantitative estimate of drug-likeness (QED) is 0.684. The maximum Gasteiger partial charge on any atom is 0.271 e. The monoisotopic (exact) mass is 421 g/mol. The van der Waals surface area contributed by atoms with Crippen LogP contribution in [0.1, 0.15) is 33.8 Å². The first kappa shape index (κ1) is 16.4. The summed E-state index contributed by atoms with van der Waals surface area (Å²) in [5.41, 5.74) is 0.476. The summed E-state index contributed by atoms with van der Waals surface area (Å²) in [5.74, 6) is -1.24. The van der Waals surface area contributed by atoms with Crippen molar-refractivity contribution < 1.29 is 9.18 Å². The van der Waals surface area contributed by atoms with E-state index in [0.29, 0.717) is 9.43 Å². The van der Waals surface area contributed by atoms with Crippen molar-refractivity contribution in [3.8, 4) is 0 Å². The van der Waals surface area contributed by atoms with E-state index in [9.17, 15) is 14.0 Å². The van der Waals surface area contributed by atoms with Crippen molar-refractivity contribution in [3.63, 3.8) is 0 Å². The number of carbonyl (C=O) groups excluding carboxylic acids is 1. The first-order valence-corrected chi connectivity index (χ1v) is 9.44. The van der Waals surface area contributed by atoms with Crippen molar-refractivity contribution in [2.45, 2.75) is 25.7 Å². The van der Waals surface area contributed by atoms with Crippen LogP contribution in [0.5, 0.6) is 0 Å². The molecule has 1 aromatic carbocycles. The van der Waals surface area contributed by atoms with Gasteiger partial charge >= 0.3 is 0 Å². The van der Waals surface area contributed by atoms with E-state index in [1.165, 1.54) is 34.1 Å². The Bertz CT molecular complexity index is 1060. The highest BCUT2D eigenvalue weighted by Gasteiger charge is 2.21. The second-order valence-corrected chi connectivity index (χ2v) is 7.83. The fourth-order valence-corrected chi connectivity index (χ4v) is 4.51. The Hall–Kier alpha value is -2.06. The number of thiazole rings is 1. The van der Waals surface area contributed by atoms with E-state index < -0.39 is 17.3 Å². The van der Waals surface area contributed by atoms with E-state index in [-0.39, 0.29) is 11.3 Å². The molecule has 5 nitrogen and oxygen atoms in total. The molecule has 4 rings (SSSR count). The minimum absolute atomic E-state index is 0.0186. The van der Waals surface area contributed by atoms with Crippen molar-refractivity contribution >= 4 is 43.8 Å². The number of aromatic nitrogens is 2. The number of anilines is 1. The molecule has 2 heterocycles. The van der Waals surface area contributed by atoms with E-state index in [1.807, 2.05) is 0 Å². The van der Waals surface area contributed by atoms with Crippen molar-refractivity contribution in [1.29, 1.82) is 0 Å². The molecule has 0 radical (unpaired) electrons. The summed E-state index contributed by atoms with van der Waals surface area (Å²) in [6.45, 7) is 0. The van der Waals surface area contributed by atoms with Crippen LogP contribution in [0.3, 0.4) is 0 Å². The summed E-state index contributed by atoms with van der Waals surface area (Å²) in [7, 11) is 0. The molecule has 1 aliphatic carbocycles. The Morgan fingerprint density at radius 1 is 1.32 bits per heavy atom. The molecule has 0 saturated carbocycles. The summed E-state index contributed by atoms with van der Waals surface area (Å²) >= 11 is 4.66. The van der Waals surface area contributed by atoms with Gasteiger partial charge in [0.1, 0.15) is 11.4 Å². The van der Waals surface area contributed by atoms with Gasteiger partial charge in [0.25, 0.3) is 11.5 Å². The van der Waals surface area contributed by atoms with Crippen molar-refractivity contribution in [1.82, 2.24) is 9.38 Å². The zero-order chi connectivity index (χ0) is 17.6. The smallest absolute Gasteiger partial charge is 0.271 e. The van der Waals surface area contributed by atoms with Gasteiger partial charge in [-0.3, -0.25) is 14.0 Å². The van der Waals surface area contributed by atoms with Crippen LogP contribution >= 0.6 is 27.3 Å². The summed E-state index contributed by atoms with van der Waals surface area (Å²) in [5, 5.41) is 2.45. The van der Waals surface area contributed by atoms with Crippen LogP contribution in [0.4, 0.5) is 10.1 Å². The number of hydrogen-bond acceptors (Lipinski definition) is 4. The highest BCUT2D eigenvalue weighted by Crippen LogP contribution is 2.28. The molecule has 2 aromatic heterocycles. The molecule has 0 bridgehead atoms. The molecule has 0 spiro atoms. The highest BCUT2D eigenvalue weighted by molar-refractivity contribution is 9.10. The van der Waals surface area contributed by atoms with E-state index >= 15 is 0 Å². The number of halogens is 2. The predicted molar refractivity (Wildman–Crippen MR) is 98.0 cm³/mol. The number of benzene rings is 1. The summed E-state index contributed by atoms with van der Waals surface area (Å²) in [6, 6.07) is 4.30. The van der Waals surface area contributed by atoms with Crippen molar-refractivity contribution in [2.75, 3.05) is 5.32 Å². The number of nitrogens with zero attached hydrogens (tertiary/aromatic N) is 2. The number of nitrogens with one attached hydrogen (secondary N) is 1. The number of aryl methyl sites for hydroxylation is 2. The van der Waals surface area contributed by atoms with Crippen LogP contribution in [-0.2, 0) is 12.8 Å². The molecule has 1 amide bonds. The summed E-state index contributed by atoms with van der Waals surface area (Å²) < 4.78 is 16.0. The van der Waals surface area contributed by atoms with Gasteiger partial charge in [-0.2, -0.15) is 0 Å². The van der Waals surface area contributed by atoms with E-state index in [2.05, 4.69) is 26.2 Å². The van der Waals surface area contributed by atoms with Crippen LogP contribution in [0.15, 0.2) is 33.7 Å². The lowest BCUT2D eigenvalue weighted by molar-refractivity contribution is 0.102. The molecule has 1 N–H and O–H groups in total. The molecule has 128 valence electrons. The van der Waals surface area contributed by atoms with Gasteiger partial charge in [-0.15, -0.1) is 11.3 Å². The Kier molecular flexibility index (Phi) is 4.16. The topological polar surface area (TPSA) is 63.5 Å². The van der Waals surface area contributed by atoms with Crippen LogP contribution in [0, 0.1) is 5.82 Å². The molecular formula is C17H13BrFN3O2S. The predicted octanol–water partition coefficient (Wildman–Crippen LogP) is 3.79. The molecular weight excluding hydrogens is 409 g/mol. The lowest BCUT2D eigenvalue weighted by Crippen LogP contribution is -2.27. The lowest BCUT2D eigenvalue weighted by Gasteiger charge is -2.10. The van der Waals surface area contributed by atoms with Crippen LogP contribution in [0.2, 0.25) is 0 Å². The van der Waals surface area contributed by atoms with Gasteiger partial charge in [-0.1, -0.05) is 15.9 Å². The fourth-order valence-electron chi connectivity index (χ4n) is 3.00. The van der Waals surface area contributed by atoms with Gasteiger partial charge in [0.05, 0.1) is 5.69 Å². The summed E-state index contributed by atoms with van der Waals surface area (Å²) in [6.07, 6.45) is 5.14. The zero-order valence-corrected chi connectivity index (χ0v) is 15.4. The van der Waals surface area contributed by atoms with Crippen LogP contribution in [0.25, 0.3) is 4.96 Å². The molecule has 25 heavy (non-hydrogen) atoms. The minimum atomic E-state index is -0.663. The molecule has 1 aliphatic rings. The van der Waals surface area contributed by atoms with Gasteiger partial charge in [-0.25, -0.2) is 9.37 Å². The lowest BCUT2D eigenvalue weighted by atomic mass is 10.0. The average molecular weight is 422 g/mol. The number of rotatable bonds is 2. The van der Waals surface area contributed by atoms with Gasteiger partial charge in [0.15, 0.2) is 4.96 Å². The van der Waals surface area contributed by atoms with E-state index in [4.69, 9.17) is 0 Å². The van der Waals surface area contributed by atoms with E-state index in [0.717, 1.165) is 36.3 Å². The molecule has 3 aromatic rings. The van der Waals surface area contributed by atoms with Gasteiger partial charge in [-0.05, 0) is 43.9 Å². The standard InChI is InChI=1S/C17H13BrFN3O2S/c18-9-5-6-12(11(19)7-9)21-15(23)10-8-20-17-22(16(10)24)13-3-1-2-4-14(13)25-17/h5-8H,1-4H2,(H,21,23).